The van der Waals surface area contributed by atoms with Gasteiger partial charge in [-0.15, -0.1) is 0 Å². The summed E-state index contributed by atoms with van der Waals surface area (Å²) < 4.78 is 45.4. The van der Waals surface area contributed by atoms with Gasteiger partial charge in [0, 0.05) is 5.56 Å². The van der Waals surface area contributed by atoms with E-state index in [-0.39, 0.29) is 13.1 Å². The van der Waals surface area contributed by atoms with E-state index in [1.807, 2.05) is 38.1 Å². The molecule has 1 aromatic heterocycles. The summed E-state index contributed by atoms with van der Waals surface area (Å²) in [5.41, 5.74) is 1.46. The molecule has 3 aromatic rings. The third-order valence-electron chi connectivity index (χ3n) is 4.32. The molecule has 6 nitrogen and oxygen atoms in total. The van der Waals surface area contributed by atoms with E-state index in [9.17, 15) is 18.0 Å². The summed E-state index contributed by atoms with van der Waals surface area (Å²) in [7, 11) is 0. The van der Waals surface area contributed by atoms with Crippen molar-refractivity contribution in [3.8, 4) is 11.4 Å². The first-order valence-electron chi connectivity index (χ1n) is 9.42. The number of aryl methyl sites for hydroxylation is 1. The SMILES string of the molecule is CCCN(CC(=O)Nc1ccc(F)c(F)c1F)Cc1nc(-c2cccc(C)c2)no1. The molecular formula is C21H21F3N4O2. The van der Waals surface area contributed by atoms with Gasteiger partial charge in [0.25, 0.3) is 0 Å². The van der Waals surface area contributed by atoms with Gasteiger partial charge in [0.2, 0.25) is 17.6 Å². The molecule has 0 aliphatic rings. The summed E-state index contributed by atoms with van der Waals surface area (Å²) in [6, 6.07) is 9.39. The van der Waals surface area contributed by atoms with Crippen LogP contribution in [0.15, 0.2) is 40.9 Å². The first kappa shape index (κ1) is 21.5. The Hall–Kier alpha value is -3.20. The number of anilines is 1. The largest absolute Gasteiger partial charge is 0.338 e. The summed E-state index contributed by atoms with van der Waals surface area (Å²) in [6.45, 7) is 4.53. The van der Waals surface area contributed by atoms with Gasteiger partial charge in [-0.2, -0.15) is 4.98 Å². The number of rotatable bonds is 8. The van der Waals surface area contributed by atoms with Crippen LogP contribution in [0, 0.1) is 24.4 Å². The van der Waals surface area contributed by atoms with Crippen LogP contribution in [0.3, 0.4) is 0 Å². The molecule has 0 radical (unpaired) electrons. The molecule has 1 N–H and O–H groups in total. The molecule has 0 aliphatic heterocycles. The molecule has 0 spiro atoms. The minimum atomic E-state index is -1.63. The Morgan fingerprint density at radius 2 is 1.97 bits per heavy atom. The van der Waals surface area contributed by atoms with Crippen molar-refractivity contribution in [2.24, 2.45) is 0 Å². The first-order chi connectivity index (χ1) is 14.4. The zero-order valence-corrected chi connectivity index (χ0v) is 16.6. The Bertz CT molecular complexity index is 1040. The van der Waals surface area contributed by atoms with Gasteiger partial charge < -0.3 is 9.84 Å². The summed E-state index contributed by atoms with van der Waals surface area (Å²) in [4.78, 5) is 18.4. The van der Waals surface area contributed by atoms with Crippen molar-refractivity contribution in [1.82, 2.24) is 15.0 Å². The fourth-order valence-electron chi connectivity index (χ4n) is 2.96. The van der Waals surface area contributed by atoms with Crippen LogP contribution in [0.1, 0.15) is 24.8 Å². The third-order valence-corrected chi connectivity index (χ3v) is 4.32. The van der Waals surface area contributed by atoms with Crippen molar-refractivity contribution >= 4 is 11.6 Å². The lowest BCUT2D eigenvalue weighted by atomic mass is 10.1. The number of benzene rings is 2. The van der Waals surface area contributed by atoms with E-state index in [2.05, 4.69) is 15.5 Å². The van der Waals surface area contributed by atoms with Gasteiger partial charge in [0.15, 0.2) is 17.5 Å². The number of nitrogens with one attached hydrogen (secondary N) is 1. The Balaban J connectivity index is 1.66. The molecule has 0 saturated carbocycles. The van der Waals surface area contributed by atoms with Crippen LogP contribution in [0.4, 0.5) is 18.9 Å². The van der Waals surface area contributed by atoms with Crippen molar-refractivity contribution in [2.75, 3.05) is 18.4 Å². The van der Waals surface area contributed by atoms with Gasteiger partial charge in [-0.25, -0.2) is 13.2 Å². The van der Waals surface area contributed by atoms with Gasteiger partial charge >= 0.3 is 0 Å². The van der Waals surface area contributed by atoms with Crippen molar-refractivity contribution < 1.29 is 22.5 Å². The number of nitrogens with zero attached hydrogens (tertiary/aromatic N) is 3. The van der Waals surface area contributed by atoms with Crippen LogP contribution in [-0.2, 0) is 11.3 Å². The molecule has 0 saturated heterocycles. The zero-order chi connectivity index (χ0) is 21.7. The first-order valence-corrected chi connectivity index (χ1v) is 9.42. The molecule has 0 aliphatic carbocycles. The average molecular weight is 418 g/mol. The van der Waals surface area contributed by atoms with E-state index < -0.39 is 29.0 Å². The predicted octanol–water partition coefficient (Wildman–Crippen LogP) is 4.31. The molecule has 0 fully saturated rings. The Morgan fingerprint density at radius 3 is 2.70 bits per heavy atom. The van der Waals surface area contributed by atoms with E-state index >= 15 is 0 Å². The quantitative estimate of drug-likeness (QED) is 0.552. The van der Waals surface area contributed by atoms with E-state index in [0.717, 1.165) is 29.7 Å². The summed E-state index contributed by atoms with van der Waals surface area (Å²) in [5, 5.41) is 6.24. The lowest BCUT2D eigenvalue weighted by Gasteiger charge is -2.19. The summed E-state index contributed by atoms with van der Waals surface area (Å²) >= 11 is 0. The topological polar surface area (TPSA) is 71.3 Å². The second-order valence-electron chi connectivity index (χ2n) is 6.86. The monoisotopic (exact) mass is 418 g/mol. The number of carbonyl (C=O) groups excluding carboxylic acids is 1. The highest BCUT2D eigenvalue weighted by Crippen LogP contribution is 2.20. The zero-order valence-electron chi connectivity index (χ0n) is 16.6. The van der Waals surface area contributed by atoms with E-state index in [1.165, 1.54) is 0 Å². The highest BCUT2D eigenvalue weighted by atomic mass is 19.2. The van der Waals surface area contributed by atoms with Crippen LogP contribution in [0.25, 0.3) is 11.4 Å². The van der Waals surface area contributed by atoms with Gasteiger partial charge in [-0.1, -0.05) is 35.8 Å². The lowest BCUT2D eigenvalue weighted by Crippen LogP contribution is -2.33. The van der Waals surface area contributed by atoms with Crippen LogP contribution >= 0.6 is 0 Å². The standard InChI is InChI=1S/C21H21F3N4O2/c1-3-9-28(11-17(29)25-16-8-7-15(22)19(23)20(16)24)12-18-26-21(27-30-18)14-6-4-5-13(2)10-14/h4-8,10H,3,9,11-12H2,1-2H3,(H,25,29). The average Bonchev–Trinajstić information content (AvgIpc) is 3.17. The molecule has 30 heavy (non-hydrogen) atoms. The second-order valence-corrected chi connectivity index (χ2v) is 6.86. The normalized spacial score (nSPS) is 11.1. The minimum Gasteiger partial charge on any atom is -0.338 e. The molecule has 1 amide bonds. The fourth-order valence-corrected chi connectivity index (χ4v) is 2.96. The van der Waals surface area contributed by atoms with Crippen LogP contribution in [-0.4, -0.2) is 34.0 Å². The molecule has 0 unspecified atom stereocenters. The summed E-state index contributed by atoms with van der Waals surface area (Å²) in [5.74, 6) is -4.20. The molecule has 9 heteroatoms. The minimum absolute atomic E-state index is 0.117. The molecule has 3 rings (SSSR count). The molecule has 2 aromatic carbocycles. The van der Waals surface area contributed by atoms with E-state index in [4.69, 9.17) is 4.52 Å². The number of amides is 1. The number of hydrogen-bond acceptors (Lipinski definition) is 5. The predicted molar refractivity (Wildman–Crippen MR) is 105 cm³/mol. The van der Waals surface area contributed by atoms with Crippen molar-refractivity contribution in [3.05, 3.63) is 65.3 Å². The highest BCUT2D eigenvalue weighted by Gasteiger charge is 2.19. The van der Waals surface area contributed by atoms with E-state index in [0.29, 0.717) is 18.3 Å². The van der Waals surface area contributed by atoms with Gasteiger partial charge in [0.05, 0.1) is 18.8 Å². The smallest absolute Gasteiger partial charge is 0.241 e. The van der Waals surface area contributed by atoms with Crippen LogP contribution in [0.2, 0.25) is 0 Å². The number of aromatic nitrogens is 2. The molecule has 0 atom stereocenters. The highest BCUT2D eigenvalue weighted by molar-refractivity contribution is 5.92. The van der Waals surface area contributed by atoms with Crippen molar-refractivity contribution in [3.63, 3.8) is 0 Å². The fraction of sp³-hybridized carbons (Fsp3) is 0.286. The second kappa shape index (κ2) is 9.53. The lowest BCUT2D eigenvalue weighted by molar-refractivity contribution is -0.117. The van der Waals surface area contributed by atoms with Crippen LogP contribution < -0.4 is 5.32 Å². The van der Waals surface area contributed by atoms with Gasteiger partial charge in [-0.3, -0.25) is 9.69 Å². The Kier molecular flexibility index (Phi) is 6.83. The number of halogens is 3. The maximum Gasteiger partial charge on any atom is 0.241 e. The van der Waals surface area contributed by atoms with Crippen molar-refractivity contribution in [1.29, 1.82) is 0 Å². The Morgan fingerprint density at radius 1 is 1.17 bits per heavy atom. The van der Waals surface area contributed by atoms with Gasteiger partial charge in [-0.05, 0) is 38.1 Å². The van der Waals surface area contributed by atoms with Crippen LogP contribution in [0.5, 0.6) is 0 Å². The maximum atomic E-state index is 13.8. The number of carbonyl (C=O) groups is 1. The molecular weight excluding hydrogens is 397 g/mol. The molecule has 1 heterocycles. The molecule has 158 valence electrons. The molecule has 0 bridgehead atoms. The van der Waals surface area contributed by atoms with Gasteiger partial charge in [0.1, 0.15) is 0 Å². The summed E-state index contributed by atoms with van der Waals surface area (Å²) in [6.07, 6.45) is 0.742. The Labute approximate surface area is 171 Å². The van der Waals surface area contributed by atoms with Crippen molar-refractivity contribution in [2.45, 2.75) is 26.8 Å². The van der Waals surface area contributed by atoms with E-state index in [1.54, 1.807) is 4.90 Å². The maximum absolute atomic E-state index is 13.8. The third kappa shape index (κ3) is 5.24. The number of hydrogen-bond donors (Lipinski definition) is 1.